The first-order valence-electron chi connectivity index (χ1n) is 12.2. The highest BCUT2D eigenvalue weighted by molar-refractivity contribution is 7.11. The molecular weight excluding hydrogens is 416 g/mol. The van der Waals surface area contributed by atoms with Gasteiger partial charge in [0.15, 0.2) is 0 Å². The SMILES string of the molecule is CC(C)(C)OC(=O)N1CCC(c2cnc(C3C=CC4=C(C3)C(C)(C)CCC4(C)C)s2)CC1. The molecule has 1 aromatic rings. The number of aromatic nitrogens is 1. The zero-order valence-corrected chi connectivity index (χ0v) is 21.8. The lowest BCUT2D eigenvalue weighted by atomic mass is 9.60. The number of carbonyl (C=O) groups excluding carboxylic acids is 1. The summed E-state index contributed by atoms with van der Waals surface area (Å²) in [4.78, 5) is 20.5. The summed E-state index contributed by atoms with van der Waals surface area (Å²) in [7, 11) is 0. The average molecular weight is 457 g/mol. The van der Waals surface area contributed by atoms with Crippen LogP contribution in [-0.4, -0.2) is 34.7 Å². The van der Waals surface area contributed by atoms with Crippen LogP contribution in [0.3, 0.4) is 0 Å². The molecule has 5 heteroatoms. The molecule has 3 aliphatic rings. The summed E-state index contributed by atoms with van der Waals surface area (Å²) >= 11 is 1.89. The Hall–Kier alpha value is -1.62. The van der Waals surface area contributed by atoms with Crippen LogP contribution in [0.15, 0.2) is 29.5 Å². The molecule has 1 saturated heterocycles. The van der Waals surface area contributed by atoms with E-state index in [4.69, 9.17) is 9.72 Å². The number of rotatable bonds is 2. The van der Waals surface area contributed by atoms with E-state index in [-0.39, 0.29) is 16.9 Å². The number of carbonyl (C=O) groups is 1. The quantitative estimate of drug-likeness (QED) is 0.464. The van der Waals surface area contributed by atoms with Crippen LogP contribution in [0.25, 0.3) is 0 Å². The van der Waals surface area contributed by atoms with E-state index in [1.165, 1.54) is 22.7 Å². The molecule has 1 aromatic heterocycles. The molecule has 1 aliphatic heterocycles. The van der Waals surface area contributed by atoms with Gasteiger partial charge in [0.2, 0.25) is 0 Å². The number of thiazole rings is 1. The monoisotopic (exact) mass is 456 g/mol. The third-order valence-electron chi connectivity index (χ3n) is 7.57. The van der Waals surface area contributed by atoms with Crippen LogP contribution >= 0.6 is 11.3 Å². The Kier molecular flexibility index (Phi) is 6.11. The number of allylic oxidation sites excluding steroid dienone is 4. The van der Waals surface area contributed by atoms with E-state index in [9.17, 15) is 4.79 Å². The Balaban J connectivity index is 1.41. The van der Waals surface area contributed by atoms with Crippen molar-refractivity contribution in [3.8, 4) is 0 Å². The Morgan fingerprint density at radius 1 is 1.12 bits per heavy atom. The molecule has 1 fully saturated rings. The molecule has 0 bridgehead atoms. The topological polar surface area (TPSA) is 42.4 Å². The van der Waals surface area contributed by atoms with Gasteiger partial charge in [-0.25, -0.2) is 9.78 Å². The van der Waals surface area contributed by atoms with Gasteiger partial charge in [0.1, 0.15) is 5.60 Å². The van der Waals surface area contributed by atoms with Gasteiger partial charge in [-0.15, -0.1) is 11.3 Å². The zero-order chi connectivity index (χ0) is 23.3. The van der Waals surface area contributed by atoms with Gasteiger partial charge in [0.05, 0.1) is 5.01 Å². The number of ether oxygens (including phenoxy) is 1. The predicted molar refractivity (Wildman–Crippen MR) is 132 cm³/mol. The number of likely N-dealkylation sites (tertiary alicyclic amines) is 1. The highest BCUT2D eigenvalue weighted by Gasteiger charge is 2.40. The van der Waals surface area contributed by atoms with E-state index < -0.39 is 5.60 Å². The van der Waals surface area contributed by atoms with E-state index in [0.717, 1.165) is 32.4 Å². The first-order chi connectivity index (χ1) is 14.9. The van der Waals surface area contributed by atoms with Crippen molar-refractivity contribution in [2.24, 2.45) is 10.8 Å². The van der Waals surface area contributed by atoms with E-state index in [1.54, 1.807) is 11.1 Å². The van der Waals surface area contributed by atoms with Gasteiger partial charge in [-0.2, -0.15) is 0 Å². The largest absolute Gasteiger partial charge is 0.444 e. The second-order valence-corrected chi connectivity index (χ2v) is 13.3. The van der Waals surface area contributed by atoms with E-state index >= 15 is 0 Å². The maximum absolute atomic E-state index is 12.4. The lowest BCUT2D eigenvalue weighted by Crippen LogP contribution is -2.41. The summed E-state index contributed by atoms with van der Waals surface area (Å²) < 4.78 is 5.54. The van der Waals surface area contributed by atoms with Crippen molar-refractivity contribution in [2.45, 2.75) is 98.0 Å². The first-order valence-corrected chi connectivity index (χ1v) is 13.0. The minimum atomic E-state index is -0.439. The van der Waals surface area contributed by atoms with Gasteiger partial charge in [-0.1, -0.05) is 45.4 Å². The Morgan fingerprint density at radius 2 is 1.78 bits per heavy atom. The van der Waals surface area contributed by atoms with Crippen LogP contribution in [0, 0.1) is 10.8 Å². The number of piperidine rings is 1. The van der Waals surface area contributed by atoms with Crippen molar-refractivity contribution in [3.63, 3.8) is 0 Å². The minimum absolute atomic E-state index is 0.185. The van der Waals surface area contributed by atoms with Crippen molar-refractivity contribution in [1.29, 1.82) is 0 Å². The molecule has 1 amide bonds. The molecule has 0 saturated carbocycles. The Morgan fingerprint density at radius 3 is 2.44 bits per heavy atom. The van der Waals surface area contributed by atoms with E-state index in [1.807, 2.05) is 37.0 Å². The van der Waals surface area contributed by atoms with Crippen LogP contribution in [0.4, 0.5) is 4.79 Å². The second-order valence-electron chi connectivity index (χ2n) is 12.2. The van der Waals surface area contributed by atoms with Gasteiger partial charge in [0, 0.05) is 30.1 Å². The van der Waals surface area contributed by atoms with Crippen molar-refractivity contribution in [1.82, 2.24) is 9.88 Å². The molecule has 0 spiro atoms. The summed E-state index contributed by atoms with van der Waals surface area (Å²) in [6.07, 6.45) is 12.3. The summed E-state index contributed by atoms with van der Waals surface area (Å²) in [5.41, 5.74) is 3.33. The van der Waals surface area contributed by atoms with Crippen molar-refractivity contribution < 1.29 is 9.53 Å². The molecule has 2 heterocycles. The molecule has 2 aliphatic carbocycles. The molecule has 1 atom stereocenters. The van der Waals surface area contributed by atoms with Gasteiger partial charge >= 0.3 is 6.09 Å². The summed E-state index contributed by atoms with van der Waals surface area (Å²) in [6.45, 7) is 16.9. The lowest BCUT2D eigenvalue weighted by molar-refractivity contribution is 0.0205. The van der Waals surface area contributed by atoms with Gasteiger partial charge in [-0.05, 0) is 75.2 Å². The molecule has 0 N–H and O–H groups in total. The molecule has 4 nitrogen and oxygen atoms in total. The fourth-order valence-electron chi connectivity index (χ4n) is 5.40. The highest BCUT2D eigenvalue weighted by Crippen LogP contribution is 2.54. The van der Waals surface area contributed by atoms with Crippen LogP contribution < -0.4 is 0 Å². The molecule has 32 heavy (non-hydrogen) atoms. The smallest absolute Gasteiger partial charge is 0.410 e. The van der Waals surface area contributed by atoms with Crippen molar-refractivity contribution in [3.05, 3.63) is 39.4 Å². The van der Waals surface area contributed by atoms with Crippen LogP contribution in [0.5, 0.6) is 0 Å². The number of hydrogen-bond donors (Lipinski definition) is 0. The lowest BCUT2D eigenvalue weighted by Gasteiger charge is -2.45. The van der Waals surface area contributed by atoms with Gasteiger partial charge in [0.25, 0.3) is 0 Å². The Labute approximate surface area is 198 Å². The van der Waals surface area contributed by atoms with Crippen LogP contribution in [0.1, 0.15) is 102 Å². The molecule has 176 valence electrons. The minimum Gasteiger partial charge on any atom is -0.444 e. The van der Waals surface area contributed by atoms with E-state index in [2.05, 4.69) is 46.0 Å². The van der Waals surface area contributed by atoms with E-state index in [0.29, 0.717) is 11.8 Å². The molecule has 4 rings (SSSR count). The van der Waals surface area contributed by atoms with Crippen LogP contribution in [0.2, 0.25) is 0 Å². The van der Waals surface area contributed by atoms with Crippen molar-refractivity contribution in [2.75, 3.05) is 13.1 Å². The highest BCUT2D eigenvalue weighted by atomic mass is 32.1. The van der Waals surface area contributed by atoms with Gasteiger partial charge < -0.3 is 9.64 Å². The number of hydrogen-bond acceptors (Lipinski definition) is 4. The Bertz CT molecular complexity index is 924. The standard InChI is InChI=1S/C27H40N2O2S/c1-25(2,3)31-24(30)29-14-10-18(11-15-29)22-17-28-23(32-22)19-8-9-20-21(16-19)27(6,7)13-12-26(20,4)5/h8-9,17-19H,10-16H2,1-7H3. The second kappa shape index (κ2) is 8.30. The summed E-state index contributed by atoms with van der Waals surface area (Å²) in [5, 5.41) is 1.25. The maximum Gasteiger partial charge on any atom is 0.410 e. The zero-order valence-electron chi connectivity index (χ0n) is 21.0. The van der Waals surface area contributed by atoms with Crippen molar-refractivity contribution >= 4 is 17.4 Å². The average Bonchev–Trinajstić information content (AvgIpc) is 3.20. The summed E-state index contributed by atoms with van der Waals surface area (Å²) in [5.74, 6) is 0.884. The molecular formula is C27H40N2O2S. The number of nitrogens with zero attached hydrogens (tertiary/aromatic N) is 2. The fraction of sp³-hybridized carbons (Fsp3) is 0.704. The predicted octanol–water partition coefficient (Wildman–Crippen LogP) is 7.44. The normalized spacial score (nSPS) is 25.6. The fourth-order valence-corrected chi connectivity index (χ4v) is 6.57. The van der Waals surface area contributed by atoms with Gasteiger partial charge in [-0.3, -0.25) is 0 Å². The molecule has 1 unspecified atom stereocenters. The third-order valence-corrected chi connectivity index (χ3v) is 8.86. The summed E-state index contributed by atoms with van der Waals surface area (Å²) in [6, 6.07) is 0. The first kappa shape index (κ1) is 23.5. The molecule has 0 aromatic carbocycles. The molecule has 0 radical (unpaired) electrons. The van der Waals surface area contributed by atoms with Crippen LogP contribution in [-0.2, 0) is 4.74 Å². The third kappa shape index (κ3) is 4.83. The maximum atomic E-state index is 12.4. The number of amides is 1.